The zero-order chi connectivity index (χ0) is 19.6. The highest BCUT2D eigenvalue weighted by Crippen LogP contribution is 2.30. The third-order valence-corrected chi connectivity index (χ3v) is 5.27. The number of hydrogen-bond donors (Lipinski definition) is 2. The summed E-state index contributed by atoms with van der Waals surface area (Å²) < 4.78 is 10.4. The number of methoxy groups -OCH3 is 1. The second-order valence-electron chi connectivity index (χ2n) is 6.62. The first-order valence-electron chi connectivity index (χ1n) is 8.37. The second kappa shape index (κ2) is 7.36. The number of hydrogen-bond acceptors (Lipinski definition) is 5. The van der Waals surface area contributed by atoms with Crippen LogP contribution in [0.1, 0.15) is 35.0 Å². The molecule has 140 valence electrons. The second-order valence-corrected chi connectivity index (χ2v) is 7.42. The molecular weight excluding hydrogens is 364 g/mol. The molecule has 1 heterocycles. The highest BCUT2D eigenvalue weighted by molar-refractivity contribution is 7.13. The molecule has 1 atom stereocenters. The summed E-state index contributed by atoms with van der Waals surface area (Å²) >= 11 is 1.25. The van der Waals surface area contributed by atoms with Crippen molar-refractivity contribution in [1.82, 2.24) is 9.69 Å². The van der Waals surface area contributed by atoms with Crippen molar-refractivity contribution in [1.29, 1.82) is 0 Å². The molecule has 0 aliphatic carbocycles. The first-order chi connectivity index (χ1) is 12.8. The van der Waals surface area contributed by atoms with Crippen LogP contribution < -0.4 is 10.1 Å². The van der Waals surface area contributed by atoms with E-state index in [9.17, 15) is 14.7 Å². The summed E-state index contributed by atoms with van der Waals surface area (Å²) in [5.74, 6) is -0.828. The Labute approximate surface area is 161 Å². The molecule has 3 rings (SSSR count). The Morgan fingerprint density at radius 2 is 2.04 bits per heavy atom. The first kappa shape index (κ1) is 18.8. The van der Waals surface area contributed by atoms with Crippen molar-refractivity contribution in [3.63, 3.8) is 0 Å². The largest absolute Gasteiger partial charge is 0.497 e. The lowest BCUT2D eigenvalue weighted by Gasteiger charge is -2.30. The molecule has 0 radical (unpaired) electrons. The van der Waals surface area contributed by atoms with Gasteiger partial charge in [0.25, 0.3) is 5.91 Å². The Kier molecular flexibility index (Phi) is 5.14. The van der Waals surface area contributed by atoms with Gasteiger partial charge in [0.15, 0.2) is 0 Å². The van der Waals surface area contributed by atoms with Crippen LogP contribution in [-0.4, -0.2) is 28.5 Å². The maximum absolute atomic E-state index is 13.0. The van der Waals surface area contributed by atoms with E-state index in [1.165, 1.54) is 18.6 Å². The third kappa shape index (κ3) is 3.93. The van der Waals surface area contributed by atoms with Gasteiger partial charge in [0.2, 0.25) is 0 Å². The van der Waals surface area contributed by atoms with Crippen LogP contribution in [0.15, 0.2) is 42.5 Å². The zero-order valence-electron chi connectivity index (χ0n) is 15.3. The Bertz CT molecular complexity index is 1010. The Morgan fingerprint density at radius 1 is 1.26 bits per heavy atom. The van der Waals surface area contributed by atoms with Crippen molar-refractivity contribution < 1.29 is 19.4 Å². The minimum atomic E-state index is -1.11. The van der Waals surface area contributed by atoms with E-state index in [4.69, 9.17) is 4.74 Å². The highest BCUT2D eigenvalue weighted by atomic mass is 32.1. The molecule has 0 spiro atoms. The van der Waals surface area contributed by atoms with E-state index in [0.717, 1.165) is 15.6 Å². The number of fused-ring (bicyclic) bond motifs is 1. The number of nitrogens with one attached hydrogen (secondary N) is 1. The van der Waals surface area contributed by atoms with Gasteiger partial charge >= 0.3 is 5.97 Å². The number of aryl methyl sites for hydroxylation is 1. The maximum Gasteiger partial charge on any atom is 0.306 e. The quantitative estimate of drug-likeness (QED) is 0.676. The van der Waals surface area contributed by atoms with E-state index in [-0.39, 0.29) is 6.42 Å². The molecule has 0 fully saturated rings. The van der Waals surface area contributed by atoms with E-state index in [2.05, 4.69) is 9.69 Å². The number of benzene rings is 2. The molecule has 0 aliphatic heterocycles. The van der Waals surface area contributed by atoms with Crippen LogP contribution in [0, 0.1) is 6.92 Å². The molecule has 0 bridgehead atoms. The van der Waals surface area contributed by atoms with Crippen LogP contribution in [-0.2, 0) is 10.3 Å². The van der Waals surface area contributed by atoms with Crippen LogP contribution in [0.2, 0.25) is 0 Å². The van der Waals surface area contributed by atoms with Crippen LogP contribution in [0.25, 0.3) is 10.1 Å². The number of ether oxygens (including phenoxy) is 1. The monoisotopic (exact) mass is 384 g/mol. The lowest BCUT2D eigenvalue weighted by atomic mass is 9.88. The van der Waals surface area contributed by atoms with Gasteiger partial charge in [-0.05, 0) is 55.2 Å². The topological polar surface area (TPSA) is 88.5 Å². The molecule has 7 heteroatoms. The van der Waals surface area contributed by atoms with E-state index in [0.29, 0.717) is 17.0 Å². The van der Waals surface area contributed by atoms with Gasteiger partial charge in [-0.15, -0.1) is 0 Å². The fourth-order valence-electron chi connectivity index (χ4n) is 3.01. The van der Waals surface area contributed by atoms with E-state index >= 15 is 0 Å². The van der Waals surface area contributed by atoms with Crippen LogP contribution in [0.4, 0.5) is 0 Å². The van der Waals surface area contributed by atoms with Gasteiger partial charge in [-0.25, -0.2) is 0 Å². The molecule has 0 aliphatic rings. The molecule has 0 saturated carbocycles. The van der Waals surface area contributed by atoms with Crippen molar-refractivity contribution in [2.24, 2.45) is 0 Å². The molecule has 3 aromatic rings. The molecule has 2 N–H and O–H groups in total. The highest BCUT2D eigenvalue weighted by Gasteiger charge is 2.33. The minimum absolute atomic E-state index is 0.271. The van der Waals surface area contributed by atoms with Gasteiger partial charge in [0, 0.05) is 5.39 Å². The summed E-state index contributed by atoms with van der Waals surface area (Å²) in [6.07, 6.45) is -0.271. The molecule has 27 heavy (non-hydrogen) atoms. The molecular formula is C20H20N2O4S. The smallest absolute Gasteiger partial charge is 0.306 e. The fourth-order valence-corrected chi connectivity index (χ4v) is 3.77. The van der Waals surface area contributed by atoms with Gasteiger partial charge in [0.05, 0.1) is 23.8 Å². The van der Waals surface area contributed by atoms with Crippen LogP contribution >= 0.6 is 11.5 Å². The van der Waals surface area contributed by atoms with Crippen molar-refractivity contribution in [3.8, 4) is 5.75 Å². The van der Waals surface area contributed by atoms with Crippen LogP contribution in [0.5, 0.6) is 5.75 Å². The minimum Gasteiger partial charge on any atom is -0.497 e. The Hall–Kier alpha value is -2.93. The fraction of sp³-hybridized carbons (Fsp3) is 0.250. The molecule has 1 unspecified atom stereocenters. The molecule has 2 aromatic carbocycles. The van der Waals surface area contributed by atoms with Crippen molar-refractivity contribution in [2.45, 2.75) is 25.8 Å². The lowest BCUT2D eigenvalue weighted by molar-refractivity contribution is -0.138. The standard InChI is InChI=1S/C20H20N2O4S/c1-12-7-8-16-15(9-12)18(22-27-16)19(25)21-20(2,11-17(23)24)13-5-4-6-14(10-13)26-3/h4-10H,11H2,1-3H3,(H,21,25)(H,23,24). The summed E-state index contributed by atoms with van der Waals surface area (Å²) in [6.45, 7) is 3.64. The van der Waals surface area contributed by atoms with Gasteiger partial charge in [0.1, 0.15) is 11.4 Å². The molecule has 6 nitrogen and oxygen atoms in total. The predicted molar refractivity (Wildman–Crippen MR) is 104 cm³/mol. The number of carbonyl (C=O) groups is 2. The van der Waals surface area contributed by atoms with Gasteiger partial charge in [-0.2, -0.15) is 4.37 Å². The summed E-state index contributed by atoms with van der Waals surface area (Å²) in [6, 6.07) is 12.8. The number of aromatic nitrogens is 1. The number of carbonyl (C=O) groups excluding carboxylic acids is 1. The summed E-state index contributed by atoms with van der Waals surface area (Å²) in [5, 5.41) is 13.0. The van der Waals surface area contributed by atoms with Gasteiger partial charge in [-0.1, -0.05) is 23.8 Å². The third-order valence-electron chi connectivity index (χ3n) is 4.44. The van der Waals surface area contributed by atoms with E-state index in [1.807, 2.05) is 25.1 Å². The van der Waals surface area contributed by atoms with Crippen molar-refractivity contribution in [3.05, 3.63) is 59.3 Å². The van der Waals surface area contributed by atoms with Crippen molar-refractivity contribution in [2.75, 3.05) is 7.11 Å². The predicted octanol–water partition coefficient (Wildman–Crippen LogP) is 3.73. The summed E-state index contributed by atoms with van der Waals surface area (Å²) in [5.41, 5.74) is 0.862. The van der Waals surface area contributed by atoms with Crippen LogP contribution in [0.3, 0.4) is 0 Å². The Balaban J connectivity index is 1.99. The zero-order valence-corrected chi connectivity index (χ0v) is 16.1. The average molecular weight is 384 g/mol. The number of aliphatic carboxylic acids is 1. The number of carboxylic acids is 1. The van der Waals surface area contributed by atoms with Crippen molar-refractivity contribution >= 4 is 33.5 Å². The summed E-state index contributed by atoms with van der Waals surface area (Å²) in [4.78, 5) is 24.4. The number of nitrogens with zero attached hydrogens (tertiary/aromatic N) is 1. The lowest BCUT2D eigenvalue weighted by Crippen LogP contribution is -2.45. The normalized spacial score (nSPS) is 13.1. The van der Waals surface area contributed by atoms with E-state index < -0.39 is 17.4 Å². The number of rotatable bonds is 6. The number of amides is 1. The SMILES string of the molecule is COc1cccc(C(C)(CC(=O)O)NC(=O)c2nsc3ccc(C)cc23)c1. The van der Waals surface area contributed by atoms with Gasteiger partial charge < -0.3 is 15.2 Å². The first-order valence-corrected chi connectivity index (χ1v) is 9.14. The summed E-state index contributed by atoms with van der Waals surface area (Å²) in [7, 11) is 1.54. The maximum atomic E-state index is 13.0. The molecule has 1 aromatic heterocycles. The molecule has 0 saturated heterocycles. The van der Waals surface area contributed by atoms with E-state index in [1.54, 1.807) is 31.2 Å². The van der Waals surface area contributed by atoms with Gasteiger partial charge in [-0.3, -0.25) is 9.59 Å². The average Bonchev–Trinajstić information content (AvgIpc) is 3.04. The Morgan fingerprint density at radius 3 is 2.74 bits per heavy atom. The molecule has 1 amide bonds. The number of carboxylic acid groups (broad SMARTS) is 1.